The molecule has 188 valence electrons. The molecule has 0 amide bonds. The summed E-state index contributed by atoms with van der Waals surface area (Å²) in [5.74, 6) is -0.370. The van der Waals surface area contributed by atoms with Gasteiger partial charge in [-0.3, -0.25) is 4.79 Å². The molecule has 4 rings (SSSR count). The van der Waals surface area contributed by atoms with Crippen LogP contribution in [0, 0.1) is 34.0 Å². The van der Waals surface area contributed by atoms with Gasteiger partial charge in [0, 0.05) is 56.4 Å². The van der Waals surface area contributed by atoms with Gasteiger partial charge >= 0.3 is 5.97 Å². The van der Waals surface area contributed by atoms with Crippen LogP contribution in [-0.4, -0.2) is 78.4 Å². The lowest BCUT2D eigenvalue weighted by Crippen LogP contribution is -2.65. The number of nitrogens with zero attached hydrogens (tertiary/aromatic N) is 1. The van der Waals surface area contributed by atoms with E-state index in [9.17, 15) is 19.8 Å². The summed E-state index contributed by atoms with van der Waals surface area (Å²) < 4.78 is 5.95. The average Bonchev–Trinajstić information content (AvgIpc) is 3.17. The van der Waals surface area contributed by atoms with Crippen LogP contribution in [0.2, 0.25) is 0 Å². The molecule has 2 bridgehead atoms. The van der Waals surface area contributed by atoms with Crippen molar-refractivity contribution in [3.05, 3.63) is 0 Å². The molecule has 7 nitrogen and oxygen atoms in total. The second-order valence-corrected chi connectivity index (χ2v) is 11.9. The normalized spacial score (nSPS) is 46.4. The Morgan fingerprint density at radius 1 is 1.24 bits per heavy atom. The molecule has 0 aromatic carbocycles. The van der Waals surface area contributed by atoms with Crippen LogP contribution in [0.3, 0.4) is 0 Å². The zero-order valence-electron chi connectivity index (χ0n) is 20.9. The first-order valence-electron chi connectivity index (χ1n) is 13.1. The van der Waals surface area contributed by atoms with Crippen molar-refractivity contribution in [2.24, 2.45) is 34.0 Å². The highest BCUT2D eigenvalue weighted by molar-refractivity contribution is 5.85. The summed E-state index contributed by atoms with van der Waals surface area (Å²) in [5, 5.41) is 25.0. The van der Waals surface area contributed by atoms with Gasteiger partial charge in [0.25, 0.3) is 0 Å². The lowest BCUT2D eigenvalue weighted by atomic mass is 9.43. The molecular formula is C26H44N2O5. The molecule has 7 heteroatoms. The monoisotopic (exact) mass is 464 g/mol. The Bertz CT molecular complexity index is 755. The van der Waals surface area contributed by atoms with Crippen LogP contribution in [0.1, 0.15) is 66.2 Å². The number of rotatable bonds is 5. The van der Waals surface area contributed by atoms with E-state index in [1.165, 1.54) is 0 Å². The molecule has 1 heterocycles. The number of ketones is 1. The summed E-state index contributed by atoms with van der Waals surface area (Å²) in [7, 11) is 0. The van der Waals surface area contributed by atoms with E-state index < -0.39 is 35.6 Å². The second-order valence-electron chi connectivity index (χ2n) is 11.9. The Hall–Kier alpha value is -1.02. The quantitative estimate of drug-likeness (QED) is 0.535. The first-order valence-corrected chi connectivity index (χ1v) is 13.1. The van der Waals surface area contributed by atoms with Gasteiger partial charge in [0.2, 0.25) is 0 Å². The maximum absolute atomic E-state index is 13.6. The van der Waals surface area contributed by atoms with Gasteiger partial charge in [-0.15, -0.1) is 0 Å². The molecular weight excluding hydrogens is 420 g/mol. The Morgan fingerprint density at radius 2 is 1.94 bits per heavy atom. The fourth-order valence-corrected chi connectivity index (χ4v) is 8.11. The molecule has 1 unspecified atom stereocenters. The van der Waals surface area contributed by atoms with Crippen molar-refractivity contribution < 1.29 is 24.5 Å². The first kappa shape index (κ1) is 25.1. The summed E-state index contributed by atoms with van der Waals surface area (Å²) in [6.07, 6.45) is 3.44. The van der Waals surface area contributed by atoms with Crippen LogP contribution < -0.4 is 5.32 Å². The predicted octanol–water partition coefficient (Wildman–Crippen LogP) is 1.99. The molecule has 8 atom stereocenters. The predicted molar refractivity (Wildman–Crippen MR) is 125 cm³/mol. The summed E-state index contributed by atoms with van der Waals surface area (Å²) in [6.45, 7) is 12.6. The summed E-state index contributed by atoms with van der Waals surface area (Å²) in [5.41, 5.74) is -1.22. The molecule has 1 aliphatic heterocycles. The Morgan fingerprint density at radius 3 is 2.58 bits per heavy atom. The number of hydrogen-bond donors (Lipinski definition) is 3. The highest BCUT2D eigenvalue weighted by Gasteiger charge is 2.69. The van der Waals surface area contributed by atoms with E-state index in [0.717, 1.165) is 58.4 Å². The van der Waals surface area contributed by atoms with Crippen molar-refractivity contribution in [2.75, 3.05) is 39.3 Å². The number of nitrogens with one attached hydrogen (secondary N) is 1. The number of carbonyl (C=O) groups is 2. The summed E-state index contributed by atoms with van der Waals surface area (Å²) in [4.78, 5) is 28.4. The van der Waals surface area contributed by atoms with Crippen molar-refractivity contribution >= 4 is 11.8 Å². The molecule has 33 heavy (non-hydrogen) atoms. The Labute approximate surface area is 198 Å². The molecule has 0 aromatic rings. The third-order valence-corrected chi connectivity index (χ3v) is 10.5. The molecule has 3 N–H and O–H groups in total. The highest BCUT2D eigenvalue weighted by atomic mass is 16.6. The smallest absolute Gasteiger partial charge is 0.332 e. The zero-order valence-corrected chi connectivity index (χ0v) is 20.9. The second kappa shape index (κ2) is 9.21. The molecule has 1 saturated heterocycles. The average molecular weight is 465 g/mol. The minimum atomic E-state index is -0.665. The van der Waals surface area contributed by atoms with E-state index in [1.54, 1.807) is 0 Å². The summed E-state index contributed by atoms with van der Waals surface area (Å²) >= 11 is 0. The van der Waals surface area contributed by atoms with Crippen LogP contribution in [0.25, 0.3) is 0 Å². The van der Waals surface area contributed by atoms with Crippen LogP contribution in [0.5, 0.6) is 0 Å². The van der Waals surface area contributed by atoms with Crippen molar-refractivity contribution in [1.82, 2.24) is 10.2 Å². The van der Waals surface area contributed by atoms with E-state index in [4.69, 9.17) is 4.74 Å². The number of ether oxygens (including phenoxy) is 1. The minimum Gasteiger partial charge on any atom is -0.460 e. The van der Waals surface area contributed by atoms with Crippen LogP contribution in [0.15, 0.2) is 0 Å². The van der Waals surface area contributed by atoms with Gasteiger partial charge in [-0.1, -0.05) is 27.7 Å². The molecule has 3 aliphatic carbocycles. The lowest BCUT2D eigenvalue weighted by Gasteiger charge is -2.63. The van der Waals surface area contributed by atoms with Gasteiger partial charge < -0.3 is 25.2 Å². The number of piperazine rings is 1. The topological polar surface area (TPSA) is 99.1 Å². The molecule has 3 saturated carbocycles. The largest absolute Gasteiger partial charge is 0.460 e. The molecule has 0 spiro atoms. The fraction of sp³-hybridized carbons (Fsp3) is 0.923. The zero-order chi connectivity index (χ0) is 24.0. The van der Waals surface area contributed by atoms with Gasteiger partial charge in [0.05, 0.1) is 6.10 Å². The lowest BCUT2D eigenvalue weighted by molar-refractivity contribution is -0.217. The van der Waals surface area contributed by atoms with Gasteiger partial charge in [0.1, 0.15) is 18.5 Å². The number of esters is 1. The molecule has 0 aromatic heterocycles. The maximum atomic E-state index is 13.6. The van der Waals surface area contributed by atoms with Gasteiger partial charge in [0.15, 0.2) is 0 Å². The number of carbonyl (C=O) groups excluding carboxylic acids is 2. The number of aliphatic hydroxyl groups excluding tert-OH is 2. The van der Waals surface area contributed by atoms with E-state index in [-0.39, 0.29) is 29.0 Å². The van der Waals surface area contributed by atoms with Crippen molar-refractivity contribution in [2.45, 2.75) is 78.4 Å². The molecule has 4 fully saturated rings. The van der Waals surface area contributed by atoms with Crippen molar-refractivity contribution in [3.63, 3.8) is 0 Å². The van der Waals surface area contributed by atoms with Gasteiger partial charge in [-0.25, -0.2) is 4.79 Å². The van der Waals surface area contributed by atoms with Crippen LogP contribution >= 0.6 is 0 Å². The van der Waals surface area contributed by atoms with E-state index in [2.05, 4.69) is 37.9 Å². The number of aliphatic hydroxyl groups is 2. The summed E-state index contributed by atoms with van der Waals surface area (Å²) in [6, 6.07) is 0. The van der Waals surface area contributed by atoms with Gasteiger partial charge in [-0.2, -0.15) is 0 Å². The van der Waals surface area contributed by atoms with E-state index in [1.807, 2.05) is 0 Å². The molecule has 0 radical (unpaired) electrons. The third kappa shape index (κ3) is 3.97. The maximum Gasteiger partial charge on any atom is 0.332 e. The van der Waals surface area contributed by atoms with E-state index in [0.29, 0.717) is 12.8 Å². The molecule has 4 aliphatic rings. The van der Waals surface area contributed by atoms with Crippen molar-refractivity contribution in [1.29, 1.82) is 0 Å². The van der Waals surface area contributed by atoms with E-state index >= 15 is 0 Å². The minimum absolute atomic E-state index is 0.0123. The number of Topliss-reactive ketones (excluding diaryl/α,β-unsaturated/α-hetero) is 1. The Kier molecular flexibility index (Phi) is 7.00. The van der Waals surface area contributed by atoms with Crippen LogP contribution in [0.4, 0.5) is 0 Å². The standard InChI is InChI=1S/C26H44N2O5/c1-5-24(3)14-20(33-21(31)16-29)25(4)17(2)6-8-26(9-7-19(30)22(25)26)18(23(24)32)15-28-12-10-27-11-13-28/h17-18,20,22-23,27,29,32H,5-16H2,1-4H3/t17-,18-,20-,22?,23+,24+,25+,26+/m1/s1. The van der Waals surface area contributed by atoms with Crippen molar-refractivity contribution in [3.8, 4) is 0 Å². The Balaban J connectivity index is 1.84. The number of hydrogen-bond acceptors (Lipinski definition) is 7. The van der Waals surface area contributed by atoms with Gasteiger partial charge in [-0.05, 0) is 48.9 Å². The highest BCUT2D eigenvalue weighted by Crippen LogP contribution is 2.68. The SMILES string of the molecule is CC[C@@]1(C)C[C@@H](OC(=O)CO)[C@@]2(C)C3C(=O)CC[C@@]3(CC[C@H]2C)[C@H](CN2CCNCC2)[C@@H]1O. The van der Waals surface area contributed by atoms with Crippen LogP contribution in [-0.2, 0) is 14.3 Å². The third-order valence-electron chi connectivity index (χ3n) is 10.5. The first-order chi connectivity index (χ1) is 15.6. The fourth-order valence-electron chi connectivity index (χ4n) is 8.11.